The number of rotatable bonds is 0. The van der Waals surface area contributed by atoms with Gasteiger partial charge in [0.2, 0.25) is 0 Å². The van der Waals surface area contributed by atoms with Crippen molar-refractivity contribution in [3.05, 3.63) is 26.3 Å². The van der Waals surface area contributed by atoms with Gasteiger partial charge in [-0.25, -0.2) is 0 Å². The molecule has 0 heterocycles. The minimum Gasteiger partial charge on any atom is -0.598 e. The summed E-state index contributed by atoms with van der Waals surface area (Å²) in [5.41, 5.74) is 0. The monoisotopic (exact) mass is 347 g/mol. The molecule has 9 nitrogen and oxygen atoms in total. The molecule has 0 aliphatic carbocycles. The van der Waals surface area contributed by atoms with Crippen LogP contribution < -0.4 is 29.4 Å². The van der Waals surface area contributed by atoms with E-state index in [1.165, 1.54) is 0 Å². The van der Waals surface area contributed by atoms with E-state index in [1.54, 1.807) is 0 Å². The van der Waals surface area contributed by atoms with Crippen molar-refractivity contribution in [3.8, 4) is 0 Å². The van der Waals surface area contributed by atoms with Crippen molar-refractivity contribution in [2.75, 3.05) is 0 Å². The van der Waals surface area contributed by atoms with Crippen LogP contribution in [-0.2, 0) is 13.7 Å². The molecule has 0 bridgehead atoms. The molecule has 0 saturated heterocycles. The molecule has 0 fully saturated rings. The first-order valence-corrected chi connectivity index (χ1v) is 5.93. The first kappa shape index (κ1) is 42.8. The van der Waals surface area contributed by atoms with E-state index < -0.39 is 24.8 Å². The average molecular weight is 347 g/mol. The Morgan fingerprint density at radius 2 is 0.500 bits per heavy atom. The summed E-state index contributed by atoms with van der Waals surface area (Å²) in [5, 5.41) is 0. The molecule has 0 spiro atoms. The SMILES string of the molecule is C=C.C=C.O=[P+]([O-])[O-].O=[P+]([O-])[O-].O=[P+]([O-])[O-].[Al+3].[Al+3]. The Bertz CT molecular complexity index is 150. The van der Waals surface area contributed by atoms with Crippen LogP contribution in [0.1, 0.15) is 0 Å². The van der Waals surface area contributed by atoms with E-state index in [9.17, 15) is 0 Å². The third kappa shape index (κ3) is 11000. The second-order valence-electron chi connectivity index (χ2n) is 0.671. The predicted molar refractivity (Wildman–Crippen MR) is 56.8 cm³/mol. The second-order valence-corrected chi connectivity index (χ2v) is 2.01. The van der Waals surface area contributed by atoms with Crippen molar-refractivity contribution in [3.63, 3.8) is 0 Å². The smallest absolute Gasteiger partial charge is 0.598 e. The fourth-order valence-electron chi connectivity index (χ4n) is 0. The summed E-state index contributed by atoms with van der Waals surface area (Å²) in [5.74, 6) is 0. The average Bonchev–Trinajstić information content (AvgIpc) is 2.07. The maximum absolute atomic E-state index is 8.48. The normalized spacial score (nSPS) is 4.78. The van der Waals surface area contributed by atoms with Gasteiger partial charge in [0.05, 0.1) is 0 Å². The molecule has 0 unspecified atom stereocenters. The van der Waals surface area contributed by atoms with Gasteiger partial charge in [-0.1, -0.05) is 13.7 Å². The molecule has 0 rings (SSSR count). The van der Waals surface area contributed by atoms with E-state index in [0.29, 0.717) is 0 Å². The molecule has 0 aromatic heterocycles. The van der Waals surface area contributed by atoms with Crippen molar-refractivity contribution in [1.82, 2.24) is 0 Å². The Labute approximate surface area is 129 Å². The Kier molecular flexibility index (Phi) is 125. The Morgan fingerprint density at radius 1 is 0.500 bits per heavy atom. The Balaban J connectivity index is -0.0000000169. The van der Waals surface area contributed by atoms with Crippen LogP contribution in [0.15, 0.2) is 26.3 Å². The molecule has 0 aromatic rings. The standard InChI is InChI=1S/2C2H4.2Al.3HO3P/c2*1-2;;;3*1-4(2)3/h2*1-2H2;;;3*(H,1,2,3)/q;;2*+3;;;/p-3. The van der Waals surface area contributed by atoms with Crippen LogP contribution in [0, 0.1) is 0 Å². The van der Waals surface area contributed by atoms with E-state index in [1.807, 2.05) is 0 Å². The van der Waals surface area contributed by atoms with Crippen molar-refractivity contribution in [2.24, 2.45) is 0 Å². The van der Waals surface area contributed by atoms with Crippen molar-refractivity contribution in [2.45, 2.75) is 0 Å². The summed E-state index contributed by atoms with van der Waals surface area (Å²) in [6.07, 6.45) is 0. The van der Waals surface area contributed by atoms with Gasteiger partial charge in [0.1, 0.15) is 0 Å². The molecule has 0 amide bonds. The van der Waals surface area contributed by atoms with Gasteiger partial charge in [0.15, 0.2) is 0 Å². The van der Waals surface area contributed by atoms with Gasteiger partial charge >= 0.3 is 34.7 Å². The fraction of sp³-hybridized carbons (Fsp3) is 0. The summed E-state index contributed by atoms with van der Waals surface area (Å²) in [6, 6.07) is 0. The van der Waals surface area contributed by atoms with Gasteiger partial charge in [0, 0.05) is 0 Å². The summed E-state index contributed by atoms with van der Waals surface area (Å²) >= 11 is 0. The summed E-state index contributed by atoms with van der Waals surface area (Å²) in [4.78, 5) is 50.9. The van der Waals surface area contributed by atoms with Crippen LogP contribution in [-0.4, -0.2) is 34.7 Å². The number of hydrogen-bond donors (Lipinski definition) is 0. The molecule has 0 saturated carbocycles. The predicted octanol–water partition coefficient (Wildman–Crippen LogP) is -4.06. The quantitative estimate of drug-likeness (QED) is 0.238. The van der Waals surface area contributed by atoms with Gasteiger partial charge in [-0.15, -0.1) is 26.3 Å². The summed E-state index contributed by atoms with van der Waals surface area (Å²) < 4.78 is 25.4. The molecule has 0 aliphatic rings. The van der Waals surface area contributed by atoms with Crippen molar-refractivity contribution < 1.29 is 43.1 Å². The summed E-state index contributed by atoms with van der Waals surface area (Å²) in [6.45, 7) is 12.0. The molecular formula is C4H8Al2O9P3+3. The van der Waals surface area contributed by atoms with E-state index in [-0.39, 0.29) is 34.7 Å². The van der Waals surface area contributed by atoms with E-state index in [2.05, 4.69) is 26.3 Å². The first-order chi connectivity index (χ1) is 7.20. The molecule has 18 heavy (non-hydrogen) atoms. The van der Waals surface area contributed by atoms with Crippen LogP contribution in [0.4, 0.5) is 0 Å². The molecule has 0 atom stereocenters. The van der Waals surface area contributed by atoms with Gasteiger partial charge in [-0.3, -0.25) is 0 Å². The van der Waals surface area contributed by atoms with Crippen LogP contribution in [0.3, 0.4) is 0 Å². The van der Waals surface area contributed by atoms with E-state index >= 15 is 0 Å². The van der Waals surface area contributed by atoms with Crippen LogP contribution in [0.25, 0.3) is 0 Å². The summed E-state index contributed by atoms with van der Waals surface area (Å²) in [7, 11) is -10.1. The van der Waals surface area contributed by atoms with Crippen LogP contribution in [0.2, 0.25) is 0 Å². The van der Waals surface area contributed by atoms with Crippen LogP contribution >= 0.6 is 24.8 Å². The minimum atomic E-state index is -3.37. The van der Waals surface area contributed by atoms with Crippen LogP contribution in [0.5, 0.6) is 0 Å². The van der Waals surface area contributed by atoms with Gasteiger partial charge in [-0.05, 0) is 0 Å². The second kappa shape index (κ2) is 52.6. The molecule has 96 valence electrons. The Morgan fingerprint density at radius 3 is 0.500 bits per heavy atom. The maximum Gasteiger partial charge on any atom is 3.00 e. The molecule has 0 radical (unpaired) electrons. The van der Waals surface area contributed by atoms with Crippen molar-refractivity contribution in [1.29, 1.82) is 0 Å². The Hall–Kier alpha value is 0.605. The topological polar surface area (TPSA) is 190 Å². The largest absolute Gasteiger partial charge is 3.00 e. The zero-order valence-corrected chi connectivity index (χ0v) is 14.0. The van der Waals surface area contributed by atoms with Gasteiger partial charge < -0.3 is 29.4 Å². The van der Waals surface area contributed by atoms with Crippen molar-refractivity contribution >= 4 is 59.5 Å². The molecule has 14 heteroatoms. The zero-order valence-electron chi connectivity index (χ0n) is 9.00. The molecule has 0 aliphatic heterocycles. The third-order valence-electron chi connectivity index (χ3n) is 0. The zero-order chi connectivity index (χ0) is 14.7. The molecular weight excluding hydrogens is 339 g/mol. The number of hydrogen-bond acceptors (Lipinski definition) is 9. The van der Waals surface area contributed by atoms with Gasteiger partial charge in [0.25, 0.3) is 24.8 Å². The maximum atomic E-state index is 8.48. The van der Waals surface area contributed by atoms with E-state index in [4.69, 9.17) is 43.1 Å². The minimum absolute atomic E-state index is 0. The molecule has 0 aromatic carbocycles. The van der Waals surface area contributed by atoms with E-state index in [0.717, 1.165) is 0 Å². The third-order valence-corrected chi connectivity index (χ3v) is 0. The van der Waals surface area contributed by atoms with Gasteiger partial charge in [-0.2, -0.15) is 0 Å². The molecule has 0 N–H and O–H groups in total. The fourth-order valence-corrected chi connectivity index (χ4v) is 0. The first-order valence-electron chi connectivity index (χ1n) is 2.64.